The van der Waals surface area contributed by atoms with Crippen LogP contribution in [-0.4, -0.2) is 34.2 Å². The Morgan fingerprint density at radius 1 is 1.04 bits per heavy atom. The third-order valence-electron chi connectivity index (χ3n) is 4.37. The third kappa shape index (κ3) is 3.94. The van der Waals surface area contributed by atoms with Crippen molar-refractivity contribution in [3.63, 3.8) is 0 Å². The molecule has 0 spiro atoms. The number of likely N-dealkylation sites (N-methyl/N-ethyl adjacent to an activating group) is 1. The molecule has 5 nitrogen and oxygen atoms in total. The molecule has 1 aromatic heterocycles. The normalized spacial score (nSPS) is 10.6. The number of carbonyl (C=O) groups excluding carboxylic acids is 1. The predicted octanol–water partition coefficient (Wildman–Crippen LogP) is 3.53. The molecule has 3 rings (SSSR count). The summed E-state index contributed by atoms with van der Waals surface area (Å²) in [6.45, 7) is 4.52. The summed E-state index contributed by atoms with van der Waals surface area (Å²) in [5.41, 5.74) is 4.04. The summed E-state index contributed by atoms with van der Waals surface area (Å²) < 4.78 is 7.47. The highest BCUT2D eigenvalue weighted by Gasteiger charge is 2.17. The van der Waals surface area contributed by atoms with Gasteiger partial charge in [-0.2, -0.15) is 5.10 Å². The molecule has 0 aliphatic carbocycles. The van der Waals surface area contributed by atoms with Gasteiger partial charge in [-0.25, -0.2) is 4.68 Å². The first-order valence-electron chi connectivity index (χ1n) is 8.58. The van der Waals surface area contributed by atoms with Gasteiger partial charge in [0.1, 0.15) is 5.75 Å². The Labute approximate surface area is 153 Å². The zero-order chi connectivity index (χ0) is 18.5. The van der Waals surface area contributed by atoms with Gasteiger partial charge in [-0.15, -0.1) is 0 Å². The van der Waals surface area contributed by atoms with E-state index in [0.717, 1.165) is 22.6 Å². The van der Waals surface area contributed by atoms with Crippen LogP contribution >= 0.6 is 0 Å². The van der Waals surface area contributed by atoms with Crippen molar-refractivity contribution in [3.8, 4) is 11.4 Å². The van der Waals surface area contributed by atoms with Gasteiger partial charge < -0.3 is 9.64 Å². The summed E-state index contributed by atoms with van der Waals surface area (Å²) in [6.07, 6.45) is 0. The second-order valence-corrected chi connectivity index (χ2v) is 6.25. The van der Waals surface area contributed by atoms with Crippen molar-refractivity contribution in [2.45, 2.75) is 20.4 Å². The first-order valence-corrected chi connectivity index (χ1v) is 8.58. The number of aryl methyl sites for hydroxylation is 1. The number of hydrogen-bond acceptors (Lipinski definition) is 3. The van der Waals surface area contributed by atoms with E-state index in [0.29, 0.717) is 12.3 Å². The first-order chi connectivity index (χ1) is 12.6. The van der Waals surface area contributed by atoms with Gasteiger partial charge in [0.15, 0.2) is 6.61 Å². The Balaban J connectivity index is 1.68. The first kappa shape index (κ1) is 17.7. The van der Waals surface area contributed by atoms with Gasteiger partial charge in [-0.05, 0) is 38.1 Å². The van der Waals surface area contributed by atoms with Crippen molar-refractivity contribution >= 4 is 5.91 Å². The second kappa shape index (κ2) is 7.87. The number of aromatic nitrogens is 2. The summed E-state index contributed by atoms with van der Waals surface area (Å²) >= 11 is 0. The van der Waals surface area contributed by atoms with E-state index >= 15 is 0 Å². The molecule has 134 valence electrons. The highest BCUT2D eigenvalue weighted by atomic mass is 16.5. The lowest BCUT2D eigenvalue weighted by Crippen LogP contribution is -2.31. The zero-order valence-electron chi connectivity index (χ0n) is 15.3. The van der Waals surface area contributed by atoms with E-state index in [9.17, 15) is 4.79 Å². The monoisotopic (exact) mass is 349 g/mol. The zero-order valence-corrected chi connectivity index (χ0v) is 15.3. The second-order valence-electron chi connectivity index (χ2n) is 6.25. The number of para-hydroxylation sites is 2. The summed E-state index contributed by atoms with van der Waals surface area (Å²) in [6, 6.07) is 19.4. The van der Waals surface area contributed by atoms with Crippen LogP contribution in [0.15, 0.2) is 60.7 Å². The molecule has 0 bridgehead atoms. The van der Waals surface area contributed by atoms with Crippen LogP contribution in [0.25, 0.3) is 5.69 Å². The maximum Gasteiger partial charge on any atom is 0.260 e. The van der Waals surface area contributed by atoms with Gasteiger partial charge in [0.05, 0.1) is 11.4 Å². The summed E-state index contributed by atoms with van der Waals surface area (Å²) in [7, 11) is 1.79. The molecule has 0 aliphatic heterocycles. The smallest absolute Gasteiger partial charge is 0.260 e. The number of carbonyl (C=O) groups is 1. The molecule has 0 saturated carbocycles. The fraction of sp³-hybridized carbons (Fsp3) is 0.238. The standard InChI is InChI=1S/C21H23N3O2/c1-16-20(17(2)24(22-16)18-10-6-4-7-11-18)14-23(3)21(25)15-26-19-12-8-5-9-13-19/h4-13H,14-15H2,1-3H3. The number of amides is 1. The van der Waals surface area contributed by atoms with Crippen LogP contribution in [0.5, 0.6) is 5.75 Å². The topological polar surface area (TPSA) is 47.4 Å². The highest BCUT2D eigenvalue weighted by molar-refractivity contribution is 5.77. The van der Waals surface area contributed by atoms with Crippen molar-refractivity contribution in [3.05, 3.63) is 77.6 Å². The van der Waals surface area contributed by atoms with Gasteiger partial charge in [-0.1, -0.05) is 36.4 Å². The Bertz CT molecular complexity index is 873. The number of benzene rings is 2. The molecule has 3 aromatic rings. The molecule has 1 amide bonds. The van der Waals surface area contributed by atoms with Crippen molar-refractivity contribution < 1.29 is 9.53 Å². The van der Waals surface area contributed by atoms with E-state index in [1.807, 2.05) is 79.2 Å². The SMILES string of the molecule is Cc1nn(-c2ccccc2)c(C)c1CN(C)C(=O)COc1ccccc1. The maximum atomic E-state index is 12.4. The van der Waals surface area contributed by atoms with E-state index in [1.165, 1.54) is 0 Å². The molecule has 2 aromatic carbocycles. The van der Waals surface area contributed by atoms with Crippen LogP contribution in [0, 0.1) is 13.8 Å². The molecule has 26 heavy (non-hydrogen) atoms. The van der Waals surface area contributed by atoms with Crippen LogP contribution in [0.1, 0.15) is 17.0 Å². The van der Waals surface area contributed by atoms with E-state index in [2.05, 4.69) is 5.10 Å². The van der Waals surface area contributed by atoms with E-state index in [1.54, 1.807) is 11.9 Å². The predicted molar refractivity (Wildman–Crippen MR) is 101 cm³/mol. The number of rotatable bonds is 6. The maximum absolute atomic E-state index is 12.4. The van der Waals surface area contributed by atoms with Crippen LogP contribution in [0.3, 0.4) is 0 Å². The minimum absolute atomic E-state index is 0.0193. The molecule has 0 atom stereocenters. The minimum atomic E-state index is -0.0693. The van der Waals surface area contributed by atoms with E-state index in [-0.39, 0.29) is 12.5 Å². The van der Waals surface area contributed by atoms with Gasteiger partial charge in [-0.3, -0.25) is 4.79 Å². The van der Waals surface area contributed by atoms with E-state index < -0.39 is 0 Å². The van der Waals surface area contributed by atoms with Crippen LogP contribution in [-0.2, 0) is 11.3 Å². The molecule has 0 aliphatic rings. The van der Waals surface area contributed by atoms with E-state index in [4.69, 9.17) is 4.74 Å². The molecule has 0 unspecified atom stereocenters. The number of nitrogens with zero attached hydrogens (tertiary/aromatic N) is 3. The van der Waals surface area contributed by atoms with Crippen molar-refractivity contribution in [2.75, 3.05) is 13.7 Å². The fourth-order valence-electron chi connectivity index (χ4n) is 2.82. The molecule has 0 saturated heterocycles. The number of ether oxygens (including phenoxy) is 1. The Morgan fingerprint density at radius 3 is 2.31 bits per heavy atom. The lowest BCUT2D eigenvalue weighted by Gasteiger charge is -2.18. The Hall–Kier alpha value is -3.08. The molecule has 0 radical (unpaired) electrons. The average Bonchev–Trinajstić information content (AvgIpc) is 2.95. The van der Waals surface area contributed by atoms with Crippen LogP contribution in [0.4, 0.5) is 0 Å². The van der Waals surface area contributed by atoms with Gasteiger partial charge in [0, 0.05) is 24.8 Å². The lowest BCUT2D eigenvalue weighted by atomic mass is 10.2. The average molecular weight is 349 g/mol. The Morgan fingerprint density at radius 2 is 1.65 bits per heavy atom. The third-order valence-corrected chi connectivity index (χ3v) is 4.37. The molecular weight excluding hydrogens is 326 g/mol. The van der Waals surface area contributed by atoms with Crippen molar-refractivity contribution in [2.24, 2.45) is 0 Å². The fourth-order valence-corrected chi connectivity index (χ4v) is 2.82. The molecule has 1 heterocycles. The summed E-state index contributed by atoms with van der Waals surface area (Å²) in [4.78, 5) is 14.1. The van der Waals surface area contributed by atoms with Crippen molar-refractivity contribution in [1.82, 2.24) is 14.7 Å². The minimum Gasteiger partial charge on any atom is -0.484 e. The Kier molecular flexibility index (Phi) is 5.37. The van der Waals surface area contributed by atoms with Crippen LogP contribution in [0.2, 0.25) is 0 Å². The van der Waals surface area contributed by atoms with Crippen LogP contribution < -0.4 is 4.74 Å². The quantitative estimate of drug-likeness (QED) is 0.684. The summed E-state index contributed by atoms with van der Waals surface area (Å²) in [5, 5.41) is 4.63. The van der Waals surface area contributed by atoms with Gasteiger partial charge in [0.25, 0.3) is 5.91 Å². The lowest BCUT2D eigenvalue weighted by molar-refractivity contribution is -0.132. The molecule has 0 N–H and O–H groups in total. The molecular formula is C21H23N3O2. The summed E-state index contributed by atoms with van der Waals surface area (Å²) in [5.74, 6) is 0.624. The largest absolute Gasteiger partial charge is 0.484 e. The molecule has 0 fully saturated rings. The molecule has 5 heteroatoms. The van der Waals surface area contributed by atoms with Crippen molar-refractivity contribution in [1.29, 1.82) is 0 Å². The highest BCUT2D eigenvalue weighted by Crippen LogP contribution is 2.19. The van der Waals surface area contributed by atoms with Gasteiger partial charge >= 0.3 is 0 Å². The number of hydrogen-bond donors (Lipinski definition) is 0. The van der Waals surface area contributed by atoms with Gasteiger partial charge in [0.2, 0.25) is 0 Å².